The Kier molecular flexibility index (Phi) is 5.07. The lowest BCUT2D eigenvalue weighted by Gasteiger charge is -2.38. The van der Waals surface area contributed by atoms with Gasteiger partial charge in [0.2, 0.25) is 0 Å². The van der Waals surface area contributed by atoms with Gasteiger partial charge < -0.3 is 4.90 Å². The molecular formula is C19H19F5N6. The Morgan fingerprint density at radius 2 is 1.90 bits per heavy atom. The van der Waals surface area contributed by atoms with Crippen LogP contribution in [-0.2, 0) is 6.18 Å². The number of pyridine rings is 1. The molecule has 0 radical (unpaired) electrons. The van der Waals surface area contributed by atoms with E-state index in [9.17, 15) is 22.0 Å². The summed E-state index contributed by atoms with van der Waals surface area (Å²) >= 11 is 0. The number of anilines is 1. The molecule has 2 atom stereocenters. The van der Waals surface area contributed by atoms with Gasteiger partial charge in [-0.2, -0.15) is 23.3 Å². The molecule has 0 N–H and O–H groups in total. The number of alkyl halides is 5. The fourth-order valence-corrected chi connectivity index (χ4v) is 3.87. The number of aromatic nitrogens is 5. The monoisotopic (exact) mass is 426 g/mol. The van der Waals surface area contributed by atoms with Crippen LogP contribution < -0.4 is 4.90 Å². The van der Waals surface area contributed by atoms with E-state index in [0.29, 0.717) is 25.2 Å². The van der Waals surface area contributed by atoms with Gasteiger partial charge >= 0.3 is 6.18 Å². The molecule has 1 saturated heterocycles. The number of aryl methyl sites for hydroxylation is 1. The Morgan fingerprint density at radius 3 is 2.60 bits per heavy atom. The molecule has 0 aliphatic carbocycles. The molecule has 6 nitrogen and oxygen atoms in total. The first-order chi connectivity index (χ1) is 14.1. The maximum Gasteiger partial charge on any atom is 0.416 e. The lowest BCUT2D eigenvalue weighted by Crippen LogP contribution is -2.40. The molecule has 0 bridgehead atoms. The number of rotatable bonds is 3. The van der Waals surface area contributed by atoms with E-state index in [1.165, 1.54) is 23.8 Å². The zero-order valence-electron chi connectivity index (χ0n) is 16.2. The SMILES string of the molecule is Cc1cc(C(F)(F)F)cc(N2CC[C@@H](C)[C@H](c3cc(C(F)F)nc4ncnn34)C2)n1. The highest BCUT2D eigenvalue weighted by Gasteiger charge is 2.34. The third-order valence-electron chi connectivity index (χ3n) is 5.45. The lowest BCUT2D eigenvalue weighted by atomic mass is 9.84. The molecular weight excluding hydrogens is 407 g/mol. The van der Waals surface area contributed by atoms with Crippen molar-refractivity contribution in [2.24, 2.45) is 5.92 Å². The standard InChI is InChI=1S/C19H19F5N6/c1-10-3-4-29(16-6-12(19(22,23)24)5-11(2)27-16)8-13(10)15-7-14(17(20)21)28-18-25-9-26-30(15)18/h5-7,9-10,13,17H,3-4,8H2,1-2H3/t10-,13-/m1/s1. The summed E-state index contributed by atoms with van der Waals surface area (Å²) in [6, 6.07) is 3.34. The molecule has 4 heterocycles. The van der Waals surface area contributed by atoms with Gasteiger partial charge in [0, 0.05) is 24.7 Å². The minimum absolute atomic E-state index is 0.0696. The number of hydrogen-bond acceptors (Lipinski definition) is 5. The first-order valence-electron chi connectivity index (χ1n) is 9.43. The van der Waals surface area contributed by atoms with Crippen LogP contribution in [0.15, 0.2) is 24.5 Å². The van der Waals surface area contributed by atoms with Crippen LogP contribution in [0.3, 0.4) is 0 Å². The van der Waals surface area contributed by atoms with Crippen molar-refractivity contribution in [3.05, 3.63) is 47.2 Å². The van der Waals surface area contributed by atoms with Crippen LogP contribution in [0, 0.1) is 12.8 Å². The fraction of sp³-hybridized carbons (Fsp3) is 0.474. The fourth-order valence-electron chi connectivity index (χ4n) is 3.87. The maximum absolute atomic E-state index is 13.3. The van der Waals surface area contributed by atoms with Crippen LogP contribution >= 0.6 is 0 Å². The molecule has 0 amide bonds. The third kappa shape index (κ3) is 3.80. The molecule has 0 saturated carbocycles. The number of nitrogens with zero attached hydrogens (tertiary/aromatic N) is 6. The molecule has 3 aromatic rings. The van der Waals surface area contributed by atoms with E-state index in [-0.39, 0.29) is 29.1 Å². The van der Waals surface area contributed by atoms with Crippen molar-refractivity contribution in [3.8, 4) is 0 Å². The summed E-state index contributed by atoms with van der Waals surface area (Å²) in [5, 5.41) is 4.10. The molecule has 3 aromatic heterocycles. The number of piperidine rings is 1. The van der Waals surface area contributed by atoms with Gasteiger partial charge in [-0.25, -0.2) is 23.3 Å². The Labute approximate surface area is 168 Å². The highest BCUT2D eigenvalue weighted by Crippen LogP contribution is 2.37. The zero-order chi connectivity index (χ0) is 21.6. The second-order valence-corrected chi connectivity index (χ2v) is 7.55. The van der Waals surface area contributed by atoms with Crippen molar-refractivity contribution in [1.29, 1.82) is 0 Å². The molecule has 30 heavy (non-hydrogen) atoms. The molecule has 160 valence electrons. The molecule has 1 aliphatic rings. The Morgan fingerprint density at radius 1 is 1.13 bits per heavy atom. The predicted molar refractivity (Wildman–Crippen MR) is 98.5 cm³/mol. The predicted octanol–water partition coefficient (Wildman–Crippen LogP) is 4.41. The third-order valence-corrected chi connectivity index (χ3v) is 5.45. The molecule has 4 rings (SSSR count). The average Bonchev–Trinajstić information content (AvgIpc) is 3.15. The van der Waals surface area contributed by atoms with Gasteiger partial charge in [-0.15, -0.1) is 0 Å². The van der Waals surface area contributed by atoms with Crippen molar-refractivity contribution in [1.82, 2.24) is 24.6 Å². The van der Waals surface area contributed by atoms with Gasteiger partial charge in [0.1, 0.15) is 17.8 Å². The van der Waals surface area contributed by atoms with Gasteiger partial charge in [0.05, 0.1) is 11.3 Å². The summed E-state index contributed by atoms with van der Waals surface area (Å²) in [6.07, 6.45) is -5.35. The minimum Gasteiger partial charge on any atom is -0.356 e. The minimum atomic E-state index is -4.48. The summed E-state index contributed by atoms with van der Waals surface area (Å²) in [4.78, 5) is 13.8. The van der Waals surface area contributed by atoms with Crippen LogP contribution in [0.4, 0.5) is 27.8 Å². The van der Waals surface area contributed by atoms with Crippen molar-refractivity contribution >= 4 is 11.6 Å². The second kappa shape index (κ2) is 7.44. The second-order valence-electron chi connectivity index (χ2n) is 7.55. The van der Waals surface area contributed by atoms with Crippen LogP contribution in [0.1, 0.15) is 48.3 Å². The Balaban J connectivity index is 1.73. The molecule has 1 aliphatic heterocycles. The van der Waals surface area contributed by atoms with Gasteiger partial charge in [-0.3, -0.25) is 0 Å². The Hall–Kier alpha value is -2.85. The summed E-state index contributed by atoms with van der Waals surface area (Å²) in [5.41, 5.74) is -0.392. The Bertz CT molecular complexity index is 1060. The van der Waals surface area contributed by atoms with E-state index in [0.717, 1.165) is 12.1 Å². The normalized spacial score (nSPS) is 20.3. The molecule has 0 aromatic carbocycles. The van der Waals surface area contributed by atoms with Gasteiger partial charge in [-0.1, -0.05) is 6.92 Å². The number of hydrogen-bond donors (Lipinski definition) is 0. The van der Waals surface area contributed by atoms with Crippen molar-refractivity contribution in [3.63, 3.8) is 0 Å². The average molecular weight is 426 g/mol. The number of halogens is 5. The largest absolute Gasteiger partial charge is 0.416 e. The summed E-state index contributed by atoms with van der Waals surface area (Å²) in [7, 11) is 0. The maximum atomic E-state index is 13.3. The van der Waals surface area contributed by atoms with Crippen LogP contribution in [0.5, 0.6) is 0 Å². The summed E-state index contributed by atoms with van der Waals surface area (Å²) < 4.78 is 67.8. The molecule has 0 spiro atoms. The van der Waals surface area contributed by atoms with Gasteiger partial charge in [0.15, 0.2) is 0 Å². The lowest BCUT2D eigenvalue weighted by molar-refractivity contribution is -0.137. The molecule has 0 unspecified atom stereocenters. The van der Waals surface area contributed by atoms with Crippen molar-refractivity contribution in [2.75, 3.05) is 18.0 Å². The van der Waals surface area contributed by atoms with E-state index < -0.39 is 23.9 Å². The highest BCUT2D eigenvalue weighted by molar-refractivity contribution is 5.45. The van der Waals surface area contributed by atoms with Crippen LogP contribution in [-0.4, -0.2) is 37.7 Å². The smallest absolute Gasteiger partial charge is 0.356 e. The first-order valence-corrected chi connectivity index (χ1v) is 9.43. The molecule has 1 fully saturated rings. The van der Waals surface area contributed by atoms with E-state index in [1.54, 1.807) is 4.90 Å². The van der Waals surface area contributed by atoms with Crippen LogP contribution in [0.2, 0.25) is 0 Å². The molecule has 11 heteroatoms. The summed E-state index contributed by atoms with van der Waals surface area (Å²) in [6.45, 7) is 4.33. The van der Waals surface area contributed by atoms with Crippen molar-refractivity contribution in [2.45, 2.75) is 38.8 Å². The van der Waals surface area contributed by atoms with E-state index in [1.807, 2.05) is 6.92 Å². The van der Waals surface area contributed by atoms with E-state index in [4.69, 9.17) is 0 Å². The van der Waals surface area contributed by atoms with Crippen molar-refractivity contribution < 1.29 is 22.0 Å². The zero-order valence-corrected chi connectivity index (χ0v) is 16.2. The van der Waals surface area contributed by atoms with E-state index in [2.05, 4.69) is 20.1 Å². The van der Waals surface area contributed by atoms with E-state index >= 15 is 0 Å². The first kappa shape index (κ1) is 20.4. The summed E-state index contributed by atoms with van der Waals surface area (Å²) in [5.74, 6) is 0.117. The highest BCUT2D eigenvalue weighted by atomic mass is 19.4. The van der Waals surface area contributed by atoms with Gasteiger partial charge in [-0.05, 0) is 37.5 Å². The topological polar surface area (TPSA) is 59.2 Å². The number of fused-ring (bicyclic) bond motifs is 1. The quantitative estimate of drug-likeness (QED) is 0.581. The van der Waals surface area contributed by atoms with Gasteiger partial charge in [0.25, 0.3) is 12.2 Å². The van der Waals surface area contributed by atoms with Crippen LogP contribution in [0.25, 0.3) is 5.78 Å².